The predicted molar refractivity (Wildman–Crippen MR) is 21.8 cm³/mol. The number of epoxide rings is 1. The van der Waals surface area contributed by atoms with Crippen molar-refractivity contribution in [2.75, 3.05) is 13.2 Å². The molecule has 1 N–H and O–H groups in total. The Kier molecular flexibility index (Phi) is 0.867. The molecule has 0 amide bonds. The van der Waals surface area contributed by atoms with Gasteiger partial charge in [0.05, 0.1) is 13.2 Å². The van der Waals surface area contributed by atoms with Gasteiger partial charge in [0, 0.05) is 0 Å². The van der Waals surface area contributed by atoms with E-state index >= 15 is 0 Å². The fraction of sp³-hybridized carbons (Fsp3) is 0.750. The van der Waals surface area contributed by atoms with Gasteiger partial charge in [0.15, 0.2) is 11.9 Å². The van der Waals surface area contributed by atoms with Crippen molar-refractivity contribution in [3.8, 4) is 0 Å². The van der Waals surface area contributed by atoms with Crippen LogP contribution in [-0.4, -0.2) is 30.2 Å². The fourth-order valence-electron chi connectivity index (χ4n) is 0.289. The minimum Gasteiger partial charge on any atom is -0.393 e. The van der Waals surface area contributed by atoms with Gasteiger partial charge in [-0.25, -0.2) is 0 Å². The van der Waals surface area contributed by atoms with E-state index < -0.39 is 5.60 Å². The smallest absolute Gasteiger partial charge is 0.169 e. The Labute approximate surface area is 40.9 Å². The van der Waals surface area contributed by atoms with Crippen LogP contribution in [0.4, 0.5) is 0 Å². The van der Waals surface area contributed by atoms with Crippen LogP contribution in [0.1, 0.15) is 0 Å². The Morgan fingerprint density at radius 1 is 2.00 bits per heavy atom. The van der Waals surface area contributed by atoms with Crippen molar-refractivity contribution in [1.29, 1.82) is 0 Å². The van der Waals surface area contributed by atoms with Crippen molar-refractivity contribution in [2.24, 2.45) is 0 Å². The van der Waals surface area contributed by atoms with Gasteiger partial charge in [-0.05, 0) is 0 Å². The Morgan fingerprint density at radius 3 is 2.57 bits per heavy atom. The molecule has 40 valence electrons. The first kappa shape index (κ1) is 4.74. The summed E-state index contributed by atoms with van der Waals surface area (Å²) >= 11 is 0. The van der Waals surface area contributed by atoms with Gasteiger partial charge in [0.25, 0.3) is 0 Å². The van der Waals surface area contributed by atoms with E-state index in [1.54, 1.807) is 0 Å². The SMILES string of the molecule is O=C[C@@]1(CO)CO1. The monoisotopic (exact) mass is 102 g/mol. The second kappa shape index (κ2) is 1.28. The zero-order chi connectivity index (χ0) is 5.33. The Hall–Kier alpha value is -0.410. The second-order valence-corrected chi connectivity index (χ2v) is 1.63. The summed E-state index contributed by atoms with van der Waals surface area (Å²) in [6.45, 7) is 0.198. The molecule has 0 saturated carbocycles. The Morgan fingerprint density at radius 2 is 2.57 bits per heavy atom. The van der Waals surface area contributed by atoms with Gasteiger partial charge in [-0.15, -0.1) is 0 Å². The van der Waals surface area contributed by atoms with Crippen molar-refractivity contribution in [1.82, 2.24) is 0 Å². The van der Waals surface area contributed by atoms with Gasteiger partial charge in [0.1, 0.15) is 0 Å². The number of aliphatic hydroxyl groups is 1. The molecule has 1 aliphatic rings. The van der Waals surface area contributed by atoms with Gasteiger partial charge in [-0.1, -0.05) is 0 Å². The molecule has 0 aromatic heterocycles. The van der Waals surface area contributed by atoms with Crippen LogP contribution >= 0.6 is 0 Å². The number of carbonyl (C=O) groups excluding carboxylic acids is 1. The molecule has 1 saturated heterocycles. The summed E-state index contributed by atoms with van der Waals surface area (Å²) in [4.78, 5) is 9.84. The third-order valence-electron chi connectivity index (χ3n) is 0.998. The summed E-state index contributed by atoms with van der Waals surface area (Å²) in [5, 5.41) is 8.30. The predicted octanol–water partition coefficient (Wildman–Crippen LogP) is -1.05. The Balaban J connectivity index is 2.42. The summed E-state index contributed by atoms with van der Waals surface area (Å²) in [5.41, 5.74) is -0.792. The molecule has 0 aromatic carbocycles. The number of aliphatic hydroxyl groups excluding tert-OH is 1. The molecule has 0 bridgehead atoms. The zero-order valence-corrected chi connectivity index (χ0v) is 3.76. The molecule has 7 heavy (non-hydrogen) atoms. The normalized spacial score (nSPS) is 37.9. The fourth-order valence-corrected chi connectivity index (χ4v) is 0.289. The first-order valence-corrected chi connectivity index (χ1v) is 2.04. The summed E-state index contributed by atoms with van der Waals surface area (Å²) in [6.07, 6.45) is 0.632. The first-order valence-electron chi connectivity index (χ1n) is 2.04. The molecule has 3 nitrogen and oxygen atoms in total. The van der Waals surface area contributed by atoms with Crippen molar-refractivity contribution in [2.45, 2.75) is 5.60 Å². The van der Waals surface area contributed by atoms with E-state index in [0.717, 1.165) is 0 Å². The van der Waals surface area contributed by atoms with E-state index in [2.05, 4.69) is 4.74 Å². The molecule has 1 fully saturated rings. The Bertz CT molecular complexity index is 84.9. The summed E-state index contributed by atoms with van der Waals surface area (Å²) in [5.74, 6) is 0. The quantitative estimate of drug-likeness (QED) is 0.357. The minimum absolute atomic E-state index is 0.184. The maximum absolute atomic E-state index is 9.84. The first-order chi connectivity index (χ1) is 3.33. The lowest BCUT2D eigenvalue weighted by molar-refractivity contribution is -0.113. The number of aldehydes is 1. The number of hydrogen-bond acceptors (Lipinski definition) is 3. The van der Waals surface area contributed by atoms with E-state index in [0.29, 0.717) is 12.9 Å². The molecule has 0 aromatic rings. The summed E-state index contributed by atoms with van der Waals surface area (Å²) in [7, 11) is 0. The molecular weight excluding hydrogens is 96.0 g/mol. The molecule has 1 heterocycles. The molecule has 3 heteroatoms. The minimum atomic E-state index is -0.792. The van der Waals surface area contributed by atoms with Crippen molar-refractivity contribution < 1.29 is 14.6 Å². The lowest BCUT2D eigenvalue weighted by atomic mass is 10.2. The molecule has 1 atom stereocenters. The second-order valence-electron chi connectivity index (χ2n) is 1.63. The van der Waals surface area contributed by atoms with Crippen LogP contribution in [-0.2, 0) is 9.53 Å². The van der Waals surface area contributed by atoms with Gasteiger partial charge < -0.3 is 9.84 Å². The molecule has 1 rings (SSSR count). The van der Waals surface area contributed by atoms with Crippen LogP contribution in [0.2, 0.25) is 0 Å². The largest absolute Gasteiger partial charge is 0.393 e. The van der Waals surface area contributed by atoms with Crippen molar-refractivity contribution in [3.05, 3.63) is 0 Å². The maximum atomic E-state index is 9.84. The van der Waals surface area contributed by atoms with Gasteiger partial charge >= 0.3 is 0 Å². The van der Waals surface area contributed by atoms with Crippen LogP contribution in [0.25, 0.3) is 0 Å². The highest BCUT2D eigenvalue weighted by Gasteiger charge is 2.44. The lowest BCUT2D eigenvalue weighted by Crippen LogP contribution is -2.17. The molecule has 0 aliphatic carbocycles. The topological polar surface area (TPSA) is 49.8 Å². The maximum Gasteiger partial charge on any atom is 0.169 e. The van der Waals surface area contributed by atoms with E-state index in [1.807, 2.05) is 0 Å². The van der Waals surface area contributed by atoms with Gasteiger partial charge in [0.2, 0.25) is 0 Å². The molecule has 0 radical (unpaired) electrons. The average molecular weight is 102 g/mol. The highest BCUT2D eigenvalue weighted by atomic mass is 16.6. The molecule has 0 unspecified atom stereocenters. The number of rotatable bonds is 2. The van der Waals surface area contributed by atoms with Crippen LogP contribution in [0.3, 0.4) is 0 Å². The number of hydrogen-bond donors (Lipinski definition) is 1. The summed E-state index contributed by atoms with van der Waals surface area (Å²) in [6, 6.07) is 0. The van der Waals surface area contributed by atoms with Crippen LogP contribution in [0.15, 0.2) is 0 Å². The number of ether oxygens (including phenoxy) is 1. The number of carbonyl (C=O) groups is 1. The van der Waals surface area contributed by atoms with Crippen LogP contribution in [0.5, 0.6) is 0 Å². The molecule has 0 spiro atoms. The van der Waals surface area contributed by atoms with Crippen LogP contribution in [0, 0.1) is 0 Å². The lowest BCUT2D eigenvalue weighted by Gasteiger charge is -1.90. The van der Waals surface area contributed by atoms with Gasteiger partial charge in [-0.2, -0.15) is 0 Å². The van der Waals surface area contributed by atoms with Crippen molar-refractivity contribution >= 4 is 6.29 Å². The van der Waals surface area contributed by atoms with Crippen LogP contribution < -0.4 is 0 Å². The third kappa shape index (κ3) is 0.642. The van der Waals surface area contributed by atoms with E-state index in [1.165, 1.54) is 0 Å². The van der Waals surface area contributed by atoms with E-state index in [9.17, 15) is 4.79 Å². The van der Waals surface area contributed by atoms with E-state index in [-0.39, 0.29) is 6.61 Å². The third-order valence-corrected chi connectivity index (χ3v) is 0.998. The van der Waals surface area contributed by atoms with Gasteiger partial charge in [-0.3, -0.25) is 4.79 Å². The zero-order valence-electron chi connectivity index (χ0n) is 3.76. The highest BCUT2D eigenvalue weighted by Crippen LogP contribution is 2.22. The molecule has 1 aliphatic heterocycles. The standard InChI is InChI=1S/C4H6O3/c5-1-4(2-6)3-7-4/h1,6H,2-3H2/t4-/m1/s1. The summed E-state index contributed by atoms with van der Waals surface area (Å²) < 4.78 is 4.58. The van der Waals surface area contributed by atoms with Crippen molar-refractivity contribution in [3.63, 3.8) is 0 Å². The average Bonchev–Trinajstić information content (AvgIpc) is 2.46. The highest BCUT2D eigenvalue weighted by molar-refractivity contribution is 5.66. The van der Waals surface area contributed by atoms with E-state index in [4.69, 9.17) is 5.11 Å². The molecular formula is C4H6O3.